The van der Waals surface area contributed by atoms with Crippen LogP contribution in [0.1, 0.15) is 65.7 Å². The number of sulfone groups is 1. The molecule has 19 heavy (non-hydrogen) atoms. The second-order valence-electron chi connectivity index (χ2n) is 6.77. The summed E-state index contributed by atoms with van der Waals surface area (Å²) in [5.74, 6) is 0.889. The minimum atomic E-state index is -2.99. The van der Waals surface area contributed by atoms with E-state index >= 15 is 0 Å². The quantitative estimate of drug-likeness (QED) is 0.764. The molecule has 1 fully saturated rings. The molecule has 0 heterocycles. The summed E-state index contributed by atoms with van der Waals surface area (Å²) in [7, 11) is -2.99. The Labute approximate surface area is 119 Å². The summed E-state index contributed by atoms with van der Waals surface area (Å²) >= 11 is 0. The predicted molar refractivity (Wildman–Crippen MR) is 82.2 cm³/mol. The van der Waals surface area contributed by atoms with E-state index in [-0.39, 0.29) is 0 Å². The van der Waals surface area contributed by atoms with Crippen LogP contribution in [-0.4, -0.2) is 32.0 Å². The molecule has 1 aliphatic carbocycles. The summed E-state index contributed by atoms with van der Waals surface area (Å²) in [5.41, 5.74) is 0. The van der Waals surface area contributed by atoms with Crippen molar-refractivity contribution in [1.29, 1.82) is 0 Å². The summed E-state index contributed by atoms with van der Waals surface area (Å²) < 4.78 is 22.7. The second-order valence-corrected chi connectivity index (χ2v) is 9.42. The van der Waals surface area contributed by atoms with Gasteiger partial charge in [0.15, 0.2) is 9.84 Å². The first kappa shape index (κ1) is 17.0. The van der Waals surface area contributed by atoms with Gasteiger partial charge in [-0.15, -0.1) is 0 Å². The van der Waals surface area contributed by atoms with Crippen molar-refractivity contribution in [2.24, 2.45) is 5.92 Å². The maximum absolute atomic E-state index is 11.7. The van der Waals surface area contributed by atoms with Crippen molar-refractivity contribution < 1.29 is 8.42 Å². The SMILES string of the molecule is CCCC1CCCC(NCC(C)(C)S(C)(=O)=O)CC1. The van der Waals surface area contributed by atoms with Gasteiger partial charge in [0.25, 0.3) is 0 Å². The highest BCUT2D eigenvalue weighted by Crippen LogP contribution is 2.27. The minimum absolute atomic E-state index is 0.503. The standard InChI is InChI=1S/C15H31NO2S/c1-5-7-13-8-6-9-14(11-10-13)16-12-15(2,3)19(4,17)18/h13-14,16H,5-12H2,1-4H3. The van der Waals surface area contributed by atoms with E-state index in [1.54, 1.807) is 0 Å². The van der Waals surface area contributed by atoms with Crippen LogP contribution in [0.4, 0.5) is 0 Å². The van der Waals surface area contributed by atoms with Crippen molar-refractivity contribution in [3.05, 3.63) is 0 Å². The van der Waals surface area contributed by atoms with Gasteiger partial charge >= 0.3 is 0 Å². The van der Waals surface area contributed by atoms with Crippen molar-refractivity contribution in [3.63, 3.8) is 0 Å². The van der Waals surface area contributed by atoms with E-state index in [9.17, 15) is 8.42 Å². The molecule has 0 aromatic heterocycles. The Morgan fingerprint density at radius 3 is 2.42 bits per heavy atom. The molecule has 3 nitrogen and oxygen atoms in total. The third-order valence-electron chi connectivity index (χ3n) is 4.61. The first-order valence-electron chi connectivity index (χ1n) is 7.69. The smallest absolute Gasteiger partial charge is 0.153 e. The molecule has 2 unspecified atom stereocenters. The van der Waals surface area contributed by atoms with Gasteiger partial charge in [-0.3, -0.25) is 0 Å². The molecular weight excluding hydrogens is 258 g/mol. The zero-order chi connectivity index (χ0) is 14.5. The van der Waals surface area contributed by atoms with Gasteiger partial charge in [-0.1, -0.05) is 32.6 Å². The Morgan fingerprint density at radius 1 is 1.16 bits per heavy atom. The van der Waals surface area contributed by atoms with Gasteiger partial charge < -0.3 is 5.32 Å². The molecule has 1 saturated carbocycles. The van der Waals surface area contributed by atoms with Crippen LogP contribution in [0.3, 0.4) is 0 Å². The van der Waals surface area contributed by atoms with Crippen LogP contribution in [0.25, 0.3) is 0 Å². The highest BCUT2D eigenvalue weighted by Gasteiger charge is 2.30. The molecule has 4 heteroatoms. The number of rotatable bonds is 6. The van der Waals surface area contributed by atoms with E-state index in [1.165, 1.54) is 51.2 Å². The Kier molecular flexibility index (Phi) is 6.31. The van der Waals surface area contributed by atoms with Gasteiger partial charge in [-0.25, -0.2) is 8.42 Å². The van der Waals surface area contributed by atoms with Gasteiger partial charge in [-0.2, -0.15) is 0 Å². The van der Waals surface area contributed by atoms with E-state index in [4.69, 9.17) is 0 Å². The first-order valence-corrected chi connectivity index (χ1v) is 9.58. The van der Waals surface area contributed by atoms with Crippen molar-refractivity contribution in [2.75, 3.05) is 12.8 Å². The summed E-state index contributed by atoms with van der Waals surface area (Å²) in [5, 5.41) is 3.49. The lowest BCUT2D eigenvalue weighted by Crippen LogP contribution is -2.45. The largest absolute Gasteiger partial charge is 0.312 e. The molecule has 0 bridgehead atoms. The van der Waals surface area contributed by atoms with E-state index < -0.39 is 14.6 Å². The lowest BCUT2D eigenvalue weighted by Gasteiger charge is -2.26. The summed E-state index contributed by atoms with van der Waals surface area (Å²) in [6, 6.07) is 0.503. The minimum Gasteiger partial charge on any atom is -0.312 e. The molecule has 0 amide bonds. The average Bonchev–Trinajstić information content (AvgIpc) is 2.51. The fraction of sp³-hybridized carbons (Fsp3) is 1.00. The first-order chi connectivity index (χ1) is 8.76. The predicted octanol–water partition coefficient (Wildman–Crippen LogP) is 3.15. The van der Waals surface area contributed by atoms with Crippen LogP contribution >= 0.6 is 0 Å². The van der Waals surface area contributed by atoms with Gasteiger partial charge in [0, 0.05) is 18.8 Å². The van der Waals surface area contributed by atoms with Gasteiger partial charge in [-0.05, 0) is 39.0 Å². The Balaban J connectivity index is 2.42. The summed E-state index contributed by atoms with van der Waals surface area (Å²) in [6.07, 6.45) is 10.3. The molecule has 0 aromatic carbocycles. The average molecular weight is 289 g/mol. The highest BCUT2D eigenvalue weighted by molar-refractivity contribution is 7.92. The number of nitrogens with one attached hydrogen (secondary N) is 1. The van der Waals surface area contributed by atoms with Crippen LogP contribution in [0.2, 0.25) is 0 Å². The lowest BCUT2D eigenvalue weighted by atomic mass is 9.95. The Hall–Kier alpha value is -0.0900. The van der Waals surface area contributed by atoms with Crippen molar-refractivity contribution in [1.82, 2.24) is 5.32 Å². The fourth-order valence-corrected chi connectivity index (χ4v) is 3.15. The van der Waals surface area contributed by atoms with Crippen LogP contribution in [0, 0.1) is 5.92 Å². The Bertz CT molecular complexity index is 362. The lowest BCUT2D eigenvalue weighted by molar-refractivity contribution is 0.402. The summed E-state index contributed by atoms with van der Waals surface area (Å²) in [4.78, 5) is 0. The third kappa shape index (κ3) is 5.42. The third-order valence-corrected chi connectivity index (χ3v) is 6.76. The molecule has 0 spiro atoms. The normalized spacial score (nSPS) is 26.1. The molecule has 0 saturated heterocycles. The van der Waals surface area contributed by atoms with Crippen LogP contribution in [0.15, 0.2) is 0 Å². The van der Waals surface area contributed by atoms with E-state index in [0.29, 0.717) is 12.6 Å². The molecular formula is C15H31NO2S. The van der Waals surface area contributed by atoms with Crippen LogP contribution in [0.5, 0.6) is 0 Å². The van der Waals surface area contributed by atoms with E-state index in [2.05, 4.69) is 12.2 Å². The zero-order valence-corrected chi connectivity index (χ0v) is 13.9. The molecule has 2 atom stereocenters. The van der Waals surface area contributed by atoms with Gasteiger partial charge in [0.2, 0.25) is 0 Å². The second kappa shape index (κ2) is 7.07. The zero-order valence-electron chi connectivity index (χ0n) is 13.0. The molecule has 1 N–H and O–H groups in total. The molecule has 0 aromatic rings. The Morgan fingerprint density at radius 2 is 1.84 bits per heavy atom. The number of hydrogen-bond acceptors (Lipinski definition) is 3. The molecule has 1 rings (SSSR count). The number of hydrogen-bond donors (Lipinski definition) is 1. The van der Waals surface area contributed by atoms with E-state index in [0.717, 1.165) is 5.92 Å². The maximum atomic E-state index is 11.7. The highest BCUT2D eigenvalue weighted by atomic mass is 32.2. The fourth-order valence-electron chi connectivity index (χ4n) is 2.80. The van der Waals surface area contributed by atoms with Crippen molar-refractivity contribution in [2.45, 2.75) is 76.5 Å². The molecule has 0 aliphatic heterocycles. The van der Waals surface area contributed by atoms with Crippen molar-refractivity contribution >= 4 is 9.84 Å². The maximum Gasteiger partial charge on any atom is 0.153 e. The monoisotopic (exact) mass is 289 g/mol. The van der Waals surface area contributed by atoms with E-state index in [1.807, 2.05) is 13.8 Å². The topological polar surface area (TPSA) is 46.2 Å². The molecule has 114 valence electrons. The van der Waals surface area contributed by atoms with Gasteiger partial charge in [0.05, 0.1) is 4.75 Å². The van der Waals surface area contributed by atoms with Crippen LogP contribution in [-0.2, 0) is 9.84 Å². The van der Waals surface area contributed by atoms with Gasteiger partial charge in [0.1, 0.15) is 0 Å². The molecule has 1 aliphatic rings. The summed E-state index contributed by atoms with van der Waals surface area (Å²) in [6.45, 7) is 6.45. The van der Waals surface area contributed by atoms with Crippen molar-refractivity contribution in [3.8, 4) is 0 Å². The van der Waals surface area contributed by atoms with Crippen LogP contribution < -0.4 is 5.32 Å². The molecule has 0 radical (unpaired) electrons.